The molecule has 6 aromatic rings. The largest absolute Gasteiger partial charge is 0.450 e. The quantitative estimate of drug-likeness (QED) is 0.229. The second kappa shape index (κ2) is 8.82. The van der Waals surface area contributed by atoms with Crippen LogP contribution in [0.25, 0.3) is 21.2 Å². The molecule has 7 nitrogen and oxygen atoms in total. The number of halogens is 2. The SMILES string of the molecule is O=C1c2oc3ccc(F)cc3c(=O)c2C2(C(=O)N(Cc3ccccc3)c3ccccc32)N1c1nc2ccc(Cl)cc2s1. The van der Waals surface area contributed by atoms with Crippen molar-refractivity contribution in [3.8, 4) is 0 Å². The molecule has 0 saturated carbocycles. The fourth-order valence-electron chi connectivity index (χ4n) is 6.04. The van der Waals surface area contributed by atoms with E-state index in [1.54, 1.807) is 47.4 Å². The molecule has 1 spiro atoms. The molecular formula is C32H17ClFN3O4S. The topological polar surface area (TPSA) is 83.7 Å². The van der Waals surface area contributed by atoms with Crippen LogP contribution < -0.4 is 15.2 Å². The number of para-hydroxylation sites is 1. The van der Waals surface area contributed by atoms with Crippen molar-refractivity contribution in [1.29, 1.82) is 0 Å². The highest BCUT2D eigenvalue weighted by atomic mass is 35.5. The predicted octanol–water partition coefficient (Wildman–Crippen LogP) is 6.65. The highest BCUT2D eigenvalue weighted by Gasteiger charge is 2.66. The Balaban J connectivity index is 1.47. The van der Waals surface area contributed by atoms with Crippen LogP contribution in [0.5, 0.6) is 0 Å². The lowest BCUT2D eigenvalue weighted by atomic mass is 9.84. The van der Waals surface area contributed by atoms with Crippen LogP contribution in [0.15, 0.2) is 100 Å². The maximum absolute atomic E-state index is 14.9. The smallest absolute Gasteiger partial charge is 0.297 e. The van der Waals surface area contributed by atoms with Gasteiger partial charge in [-0.2, -0.15) is 0 Å². The number of aromatic nitrogens is 1. The van der Waals surface area contributed by atoms with Gasteiger partial charge in [-0.05, 0) is 48.0 Å². The van der Waals surface area contributed by atoms with Crippen molar-refractivity contribution >= 4 is 66.8 Å². The number of anilines is 2. The van der Waals surface area contributed by atoms with Gasteiger partial charge in [0, 0.05) is 10.6 Å². The van der Waals surface area contributed by atoms with E-state index < -0.39 is 28.6 Å². The Morgan fingerprint density at radius 2 is 1.71 bits per heavy atom. The second-order valence-corrected chi connectivity index (χ2v) is 11.6. The normalized spacial score (nSPS) is 17.6. The van der Waals surface area contributed by atoms with Crippen molar-refractivity contribution in [2.45, 2.75) is 12.1 Å². The molecule has 0 N–H and O–H groups in total. The zero-order chi connectivity index (χ0) is 28.7. The molecule has 4 aromatic carbocycles. The van der Waals surface area contributed by atoms with E-state index >= 15 is 0 Å². The number of hydrogen-bond acceptors (Lipinski definition) is 6. The molecule has 42 heavy (non-hydrogen) atoms. The molecule has 204 valence electrons. The second-order valence-electron chi connectivity index (χ2n) is 10.1. The molecule has 1 atom stereocenters. The van der Waals surface area contributed by atoms with E-state index in [0.29, 0.717) is 26.5 Å². The third kappa shape index (κ3) is 3.26. The Morgan fingerprint density at radius 1 is 0.929 bits per heavy atom. The summed E-state index contributed by atoms with van der Waals surface area (Å²) in [5, 5.41) is 0.624. The summed E-state index contributed by atoms with van der Waals surface area (Å²) in [7, 11) is 0. The van der Waals surface area contributed by atoms with Gasteiger partial charge in [-0.25, -0.2) is 9.37 Å². The summed E-state index contributed by atoms with van der Waals surface area (Å²) >= 11 is 7.41. The van der Waals surface area contributed by atoms with E-state index in [4.69, 9.17) is 21.0 Å². The van der Waals surface area contributed by atoms with Crippen LogP contribution in [0, 0.1) is 5.82 Å². The third-order valence-corrected chi connectivity index (χ3v) is 9.04. The van der Waals surface area contributed by atoms with Crippen LogP contribution >= 0.6 is 22.9 Å². The molecule has 2 aliphatic rings. The predicted molar refractivity (Wildman–Crippen MR) is 159 cm³/mol. The number of carbonyl (C=O) groups excluding carboxylic acids is 2. The molecule has 0 radical (unpaired) electrons. The van der Waals surface area contributed by atoms with Crippen LogP contribution in [0.4, 0.5) is 15.2 Å². The summed E-state index contributed by atoms with van der Waals surface area (Å²) in [5.41, 5.74) is -0.303. The van der Waals surface area contributed by atoms with Crippen molar-refractivity contribution in [3.63, 3.8) is 0 Å². The van der Waals surface area contributed by atoms with Crippen molar-refractivity contribution in [2.75, 3.05) is 9.80 Å². The van der Waals surface area contributed by atoms with E-state index in [1.165, 1.54) is 22.3 Å². The summed E-state index contributed by atoms with van der Waals surface area (Å²) in [6, 6.07) is 25.2. The lowest BCUT2D eigenvalue weighted by Crippen LogP contribution is -2.53. The maximum Gasteiger partial charge on any atom is 0.297 e. The summed E-state index contributed by atoms with van der Waals surface area (Å²) in [6.07, 6.45) is 0. The van der Waals surface area contributed by atoms with Gasteiger partial charge < -0.3 is 9.32 Å². The Bertz CT molecular complexity index is 2200. The molecule has 8 rings (SSSR count). The fourth-order valence-corrected chi connectivity index (χ4v) is 7.33. The van der Waals surface area contributed by atoms with Gasteiger partial charge in [0.2, 0.25) is 5.76 Å². The van der Waals surface area contributed by atoms with Crippen molar-refractivity contribution in [2.24, 2.45) is 0 Å². The first-order valence-electron chi connectivity index (χ1n) is 13.0. The Kier molecular flexibility index (Phi) is 5.23. The van der Waals surface area contributed by atoms with E-state index in [2.05, 4.69) is 0 Å². The van der Waals surface area contributed by atoms with Gasteiger partial charge in [0.25, 0.3) is 11.8 Å². The molecule has 4 heterocycles. The summed E-state index contributed by atoms with van der Waals surface area (Å²) in [5.74, 6) is -2.12. The molecular weight excluding hydrogens is 577 g/mol. The van der Waals surface area contributed by atoms with Gasteiger partial charge in [-0.1, -0.05) is 71.5 Å². The molecule has 1 unspecified atom stereocenters. The first kappa shape index (κ1) is 24.9. The highest BCUT2D eigenvalue weighted by molar-refractivity contribution is 7.22. The summed E-state index contributed by atoms with van der Waals surface area (Å²) < 4.78 is 21.1. The zero-order valence-corrected chi connectivity index (χ0v) is 23.1. The minimum Gasteiger partial charge on any atom is -0.450 e. The average Bonchev–Trinajstić information content (AvgIpc) is 3.60. The highest BCUT2D eigenvalue weighted by Crippen LogP contribution is 2.55. The van der Waals surface area contributed by atoms with Gasteiger partial charge in [0.05, 0.1) is 33.4 Å². The number of thiazole rings is 1. The molecule has 2 amide bonds. The number of amides is 2. The van der Waals surface area contributed by atoms with Crippen molar-refractivity contribution in [1.82, 2.24) is 4.98 Å². The lowest BCUT2D eigenvalue weighted by molar-refractivity contribution is -0.121. The van der Waals surface area contributed by atoms with Crippen molar-refractivity contribution < 1.29 is 18.4 Å². The van der Waals surface area contributed by atoms with Gasteiger partial charge in [0.15, 0.2) is 16.1 Å². The number of nitrogens with zero attached hydrogens (tertiary/aromatic N) is 3. The van der Waals surface area contributed by atoms with Gasteiger partial charge in [-0.3, -0.25) is 19.3 Å². The summed E-state index contributed by atoms with van der Waals surface area (Å²) in [6.45, 7) is 0.193. The zero-order valence-electron chi connectivity index (χ0n) is 21.5. The Morgan fingerprint density at radius 3 is 2.55 bits per heavy atom. The Hall–Kier alpha value is -4.86. The molecule has 0 aliphatic carbocycles. The minimum atomic E-state index is -1.93. The molecule has 0 saturated heterocycles. The van der Waals surface area contributed by atoms with Crippen LogP contribution in [-0.4, -0.2) is 16.8 Å². The van der Waals surface area contributed by atoms with Gasteiger partial charge in [-0.15, -0.1) is 0 Å². The average molecular weight is 594 g/mol. The molecule has 2 aliphatic heterocycles. The standard InChI is InChI=1S/C32H17ClFN3O4S/c33-18-10-12-22-25(14-18)42-31(35-22)37-29(39)28-26(27(38)20-15-19(34)11-13-24(20)41-28)32(37)21-8-4-5-9-23(21)36(30(32)40)16-17-6-2-1-3-7-17/h1-15H,16H2. The first-order valence-corrected chi connectivity index (χ1v) is 14.2. The van der Waals surface area contributed by atoms with E-state index in [9.17, 15) is 18.8 Å². The van der Waals surface area contributed by atoms with Crippen LogP contribution in [0.1, 0.15) is 27.2 Å². The molecule has 2 aromatic heterocycles. The molecule has 0 fully saturated rings. The van der Waals surface area contributed by atoms with Gasteiger partial charge >= 0.3 is 0 Å². The van der Waals surface area contributed by atoms with Crippen molar-refractivity contribution in [3.05, 3.63) is 135 Å². The van der Waals surface area contributed by atoms with Crippen LogP contribution in [0.2, 0.25) is 5.02 Å². The lowest BCUT2D eigenvalue weighted by Gasteiger charge is -2.32. The Labute approximate surface area is 246 Å². The van der Waals surface area contributed by atoms with Gasteiger partial charge in [0.1, 0.15) is 11.4 Å². The third-order valence-electron chi connectivity index (χ3n) is 7.80. The maximum atomic E-state index is 14.9. The molecule has 0 bridgehead atoms. The fraction of sp³-hybridized carbons (Fsp3) is 0.0625. The monoisotopic (exact) mass is 593 g/mol. The summed E-state index contributed by atoms with van der Waals surface area (Å²) in [4.78, 5) is 51.1. The van der Waals surface area contributed by atoms with Crippen LogP contribution in [0.3, 0.4) is 0 Å². The number of carbonyl (C=O) groups is 2. The van der Waals surface area contributed by atoms with E-state index in [0.717, 1.165) is 17.7 Å². The molecule has 10 heteroatoms. The number of benzene rings is 4. The number of rotatable bonds is 3. The van der Waals surface area contributed by atoms with E-state index in [1.807, 2.05) is 30.3 Å². The first-order chi connectivity index (χ1) is 20.4. The van der Waals surface area contributed by atoms with Crippen LogP contribution in [-0.2, 0) is 16.9 Å². The number of hydrogen-bond donors (Lipinski definition) is 0. The number of fused-ring (bicyclic) bond motifs is 6. The van der Waals surface area contributed by atoms with E-state index in [-0.39, 0.29) is 34.0 Å². The minimum absolute atomic E-state index is 0.0430.